The summed E-state index contributed by atoms with van der Waals surface area (Å²) in [6, 6.07) is 4.76. The first-order valence-electron chi connectivity index (χ1n) is 7.34. The molecule has 1 saturated carbocycles. The first kappa shape index (κ1) is 16.4. The topological polar surface area (TPSA) is 75.6 Å². The van der Waals surface area contributed by atoms with Crippen molar-refractivity contribution >= 4 is 10.0 Å². The summed E-state index contributed by atoms with van der Waals surface area (Å²) < 4.78 is 32.5. The highest BCUT2D eigenvalue weighted by molar-refractivity contribution is 7.89. The molecule has 0 amide bonds. The Labute approximate surface area is 126 Å². The molecule has 1 aromatic rings. The number of benzene rings is 1. The van der Waals surface area contributed by atoms with Gasteiger partial charge in [-0.1, -0.05) is 18.9 Å². The number of aliphatic hydroxyl groups is 1. The molecule has 0 radical (unpaired) electrons. The van der Waals surface area contributed by atoms with Crippen molar-refractivity contribution in [2.24, 2.45) is 0 Å². The minimum Gasteiger partial charge on any atom is -0.392 e. The Morgan fingerprint density at radius 1 is 1.33 bits per heavy atom. The van der Waals surface area contributed by atoms with E-state index in [9.17, 15) is 13.5 Å². The molecule has 1 aliphatic rings. The Balaban J connectivity index is 1.88. The second-order valence-corrected chi connectivity index (χ2v) is 7.19. The zero-order chi connectivity index (χ0) is 15.3. The van der Waals surface area contributed by atoms with Crippen LogP contribution >= 0.6 is 0 Å². The van der Waals surface area contributed by atoms with Crippen molar-refractivity contribution in [2.45, 2.75) is 50.2 Å². The van der Waals surface area contributed by atoms with Crippen LogP contribution in [0.25, 0.3) is 0 Å². The van der Waals surface area contributed by atoms with E-state index >= 15 is 0 Å². The molecule has 0 saturated heterocycles. The van der Waals surface area contributed by atoms with E-state index in [4.69, 9.17) is 4.74 Å². The predicted octanol–water partition coefficient (Wildman–Crippen LogP) is 1.72. The second-order valence-electron chi connectivity index (χ2n) is 5.42. The van der Waals surface area contributed by atoms with Crippen LogP contribution in [0.15, 0.2) is 23.1 Å². The molecule has 0 unspecified atom stereocenters. The van der Waals surface area contributed by atoms with Crippen molar-refractivity contribution in [3.63, 3.8) is 0 Å². The zero-order valence-electron chi connectivity index (χ0n) is 12.3. The molecule has 0 aliphatic heterocycles. The van der Waals surface area contributed by atoms with Gasteiger partial charge in [-0.3, -0.25) is 0 Å². The fourth-order valence-electron chi connectivity index (χ4n) is 2.53. The first-order chi connectivity index (χ1) is 10.0. The number of hydrogen-bond donors (Lipinski definition) is 2. The van der Waals surface area contributed by atoms with Gasteiger partial charge in [-0.05, 0) is 43.0 Å². The molecule has 2 rings (SSSR count). The average Bonchev–Trinajstić information content (AvgIpc) is 2.97. The summed E-state index contributed by atoms with van der Waals surface area (Å²) in [4.78, 5) is 0.179. The zero-order valence-corrected chi connectivity index (χ0v) is 13.2. The Morgan fingerprint density at radius 2 is 2.05 bits per heavy atom. The number of aryl methyl sites for hydroxylation is 1. The molecule has 1 aliphatic carbocycles. The predicted molar refractivity (Wildman–Crippen MR) is 80.5 cm³/mol. The minimum absolute atomic E-state index is 0.167. The van der Waals surface area contributed by atoms with Crippen LogP contribution in [0.1, 0.15) is 36.8 Å². The molecule has 2 N–H and O–H groups in total. The van der Waals surface area contributed by atoms with Gasteiger partial charge < -0.3 is 9.84 Å². The molecule has 0 bridgehead atoms. The van der Waals surface area contributed by atoms with Gasteiger partial charge in [0.15, 0.2) is 0 Å². The number of ether oxygens (including phenoxy) is 1. The van der Waals surface area contributed by atoms with Crippen molar-refractivity contribution in [1.29, 1.82) is 0 Å². The molecule has 118 valence electrons. The lowest BCUT2D eigenvalue weighted by Crippen LogP contribution is -2.28. The van der Waals surface area contributed by atoms with E-state index in [-0.39, 0.29) is 24.2 Å². The van der Waals surface area contributed by atoms with E-state index in [1.54, 1.807) is 12.1 Å². The largest absolute Gasteiger partial charge is 0.392 e. The molecule has 0 spiro atoms. The van der Waals surface area contributed by atoms with E-state index in [2.05, 4.69) is 4.72 Å². The Morgan fingerprint density at radius 3 is 2.71 bits per heavy atom. The van der Waals surface area contributed by atoms with Gasteiger partial charge in [-0.25, -0.2) is 13.1 Å². The average molecular weight is 313 g/mol. The van der Waals surface area contributed by atoms with Crippen molar-refractivity contribution < 1.29 is 18.3 Å². The maximum atomic E-state index is 12.2. The van der Waals surface area contributed by atoms with Crippen LogP contribution < -0.4 is 4.72 Å². The standard InChI is InChI=1S/C15H23NO4S/c1-12-6-7-15(10-13(12)11-17)21(18,19)16-8-9-20-14-4-2-3-5-14/h6-7,10,14,16-17H,2-5,8-9,11H2,1H3. The summed E-state index contributed by atoms with van der Waals surface area (Å²) in [6.07, 6.45) is 4.83. The van der Waals surface area contributed by atoms with Crippen molar-refractivity contribution in [3.05, 3.63) is 29.3 Å². The maximum absolute atomic E-state index is 12.2. The highest BCUT2D eigenvalue weighted by Gasteiger charge is 2.17. The highest BCUT2D eigenvalue weighted by Crippen LogP contribution is 2.20. The number of sulfonamides is 1. The van der Waals surface area contributed by atoms with Crippen LogP contribution in [-0.2, 0) is 21.4 Å². The number of rotatable bonds is 7. The van der Waals surface area contributed by atoms with Crippen LogP contribution in [-0.4, -0.2) is 32.8 Å². The van der Waals surface area contributed by atoms with Gasteiger partial charge >= 0.3 is 0 Å². The van der Waals surface area contributed by atoms with Gasteiger partial charge in [0.1, 0.15) is 0 Å². The summed E-state index contributed by atoms with van der Waals surface area (Å²) in [5.74, 6) is 0. The lowest BCUT2D eigenvalue weighted by atomic mass is 10.1. The molecule has 0 atom stereocenters. The van der Waals surface area contributed by atoms with Crippen LogP contribution in [0, 0.1) is 6.92 Å². The first-order valence-corrected chi connectivity index (χ1v) is 8.83. The van der Waals surface area contributed by atoms with Gasteiger partial charge in [-0.2, -0.15) is 0 Å². The number of nitrogens with one attached hydrogen (secondary N) is 1. The van der Waals surface area contributed by atoms with Crippen LogP contribution in [0.3, 0.4) is 0 Å². The van der Waals surface area contributed by atoms with Crippen molar-refractivity contribution in [2.75, 3.05) is 13.2 Å². The molecular weight excluding hydrogens is 290 g/mol. The molecule has 0 aromatic heterocycles. The molecule has 5 nitrogen and oxygen atoms in total. The molecule has 6 heteroatoms. The van der Waals surface area contributed by atoms with Gasteiger partial charge in [0.25, 0.3) is 0 Å². The third kappa shape index (κ3) is 4.51. The van der Waals surface area contributed by atoms with Crippen molar-refractivity contribution in [1.82, 2.24) is 4.72 Å². The van der Waals surface area contributed by atoms with Crippen molar-refractivity contribution in [3.8, 4) is 0 Å². The summed E-state index contributed by atoms with van der Waals surface area (Å²) in [5.41, 5.74) is 1.50. The quantitative estimate of drug-likeness (QED) is 0.752. The molecule has 1 aromatic carbocycles. The fourth-order valence-corrected chi connectivity index (χ4v) is 3.59. The van der Waals surface area contributed by atoms with E-state index in [0.29, 0.717) is 12.2 Å². The minimum atomic E-state index is -3.55. The smallest absolute Gasteiger partial charge is 0.240 e. The van der Waals surface area contributed by atoms with E-state index in [1.165, 1.54) is 18.9 Å². The number of hydrogen-bond acceptors (Lipinski definition) is 4. The van der Waals surface area contributed by atoms with E-state index in [1.807, 2.05) is 6.92 Å². The van der Waals surface area contributed by atoms with Gasteiger partial charge in [0.05, 0.1) is 24.2 Å². The Hall–Kier alpha value is -0.950. The SMILES string of the molecule is Cc1ccc(S(=O)(=O)NCCOC2CCCC2)cc1CO. The third-order valence-corrected chi connectivity index (χ3v) is 5.31. The summed E-state index contributed by atoms with van der Waals surface area (Å²) in [5, 5.41) is 9.21. The maximum Gasteiger partial charge on any atom is 0.240 e. The second kappa shape index (κ2) is 7.35. The Bertz CT molecular complexity index is 565. The van der Waals surface area contributed by atoms with Gasteiger partial charge in [-0.15, -0.1) is 0 Å². The van der Waals surface area contributed by atoms with Crippen LogP contribution in [0.5, 0.6) is 0 Å². The number of aliphatic hydroxyl groups excluding tert-OH is 1. The highest BCUT2D eigenvalue weighted by atomic mass is 32.2. The van der Waals surface area contributed by atoms with Gasteiger partial charge in [0.2, 0.25) is 10.0 Å². The normalized spacial score (nSPS) is 16.5. The summed E-state index contributed by atoms with van der Waals surface area (Å²) in [6.45, 7) is 2.33. The lowest BCUT2D eigenvalue weighted by Gasteiger charge is -2.12. The molecular formula is C15H23NO4S. The molecule has 21 heavy (non-hydrogen) atoms. The summed E-state index contributed by atoms with van der Waals surface area (Å²) >= 11 is 0. The van der Waals surface area contributed by atoms with Gasteiger partial charge in [0, 0.05) is 6.54 Å². The third-order valence-electron chi connectivity index (χ3n) is 3.85. The summed E-state index contributed by atoms with van der Waals surface area (Å²) in [7, 11) is -3.55. The van der Waals surface area contributed by atoms with E-state index < -0.39 is 10.0 Å². The van der Waals surface area contributed by atoms with Crippen LogP contribution in [0.2, 0.25) is 0 Å². The van der Waals surface area contributed by atoms with Crippen LogP contribution in [0.4, 0.5) is 0 Å². The molecule has 0 heterocycles. The fraction of sp³-hybridized carbons (Fsp3) is 0.600. The monoisotopic (exact) mass is 313 g/mol. The lowest BCUT2D eigenvalue weighted by molar-refractivity contribution is 0.0626. The van der Waals surface area contributed by atoms with E-state index in [0.717, 1.165) is 18.4 Å². The molecule has 1 fully saturated rings. The Kier molecular flexibility index (Phi) is 5.75.